The average molecular weight is 185 g/mol. The Kier molecular flexibility index (Phi) is 1.95. The highest BCUT2D eigenvalue weighted by Gasteiger charge is 2.55. The second kappa shape index (κ2) is 2.87. The van der Waals surface area contributed by atoms with Crippen molar-refractivity contribution in [1.29, 1.82) is 0 Å². The first-order valence-corrected chi connectivity index (χ1v) is 4.78. The largest absolute Gasteiger partial charge is 0.450 e. The molecule has 1 amide bonds. The number of likely N-dealkylation sites (tertiary alicyclic amines) is 1. The van der Waals surface area contributed by atoms with Crippen LogP contribution in [0.4, 0.5) is 4.79 Å². The van der Waals surface area contributed by atoms with Crippen LogP contribution < -0.4 is 0 Å². The molecule has 13 heavy (non-hydrogen) atoms. The summed E-state index contributed by atoms with van der Waals surface area (Å²) in [5.41, 5.74) is 0.0345. The molecule has 1 aliphatic carbocycles. The Labute approximate surface area is 77.5 Å². The molecule has 74 valence electrons. The van der Waals surface area contributed by atoms with Gasteiger partial charge >= 0.3 is 6.09 Å². The molecular formula is C9H15NO3. The fourth-order valence-corrected chi connectivity index (χ4v) is 1.96. The predicted molar refractivity (Wildman–Crippen MR) is 46.3 cm³/mol. The lowest BCUT2D eigenvalue weighted by Crippen LogP contribution is -2.30. The van der Waals surface area contributed by atoms with Crippen LogP contribution in [0.3, 0.4) is 0 Å². The van der Waals surface area contributed by atoms with Crippen LogP contribution in [0.2, 0.25) is 0 Å². The topological polar surface area (TPSA) is 49.8 Å². The lowest BCUT2D eigenvalue weighted by molar-refractivity contribution is 0.106. The molecule has 2 fully saturated rings. The Morgan fingerprint density at radius 2 is 2.38 bits per heavy atom. The molecule has 1 N–H and O–H groups in total. The van der Waals surface area contributed by atoms with Gasteiger partial charge in [0.1, 0.15) is 0 Å². The lowest BCUT2D eigenvalue weighted by atomic mass is 10.0. The predicted octanol–water partition coefficient (Wildman–Crippen LogP) is 0.600. The molecule has 1 unspecified atom stereocenters. The van der Waals surface area contributed by atoms with Crippen LogP contribution in [0.5, 0.6) is 0 Å². The van der Waals surface area contributed by atoms with E-state index in [9.17, 15) is 9.90 Å². The Hall–Kier alpha value is -0.770. The smallest absolute Gasteiger partial charge is 0.409 e. The minimum absolute atomic E-state index is 0.0345. The third kappa shape index (κ3) is 1.39. The monoisotopic (exact) mass is 185 g/mol. The SMILES string of the molecule is CCOC(=O)N1CC(O)C2(CC2)C1. The van der Waals surface area contributed by atoms with Crippen molar-refractivity contribution >= 4 is 6.09 Å². The van der Waals surface area contributed by atoms with Gasteiger partial charge in [-0.25, -0.2) is 4.79 Å². The summed E-state index contributed by atoms with van der Waals surface area (Å²) in [6, 6.07) is 0. The molecule has 4 heteroatoms. The molecule has 1 aliphatic heterocycles. The van der Waals surface area contributed by atoms with Crippen LogP contribution in [0.1, 0.15) is 19.8 Å². The van der Waals surface area contributed by atoms with E-state index < -0.39 is 0 Å². The van der Waals surface area contributed by atoms with Gasteiger partial charge in [-0.2, -0.15) is 0 Å². The van der Waals surface area contributed by atoms with Crippen molar-refractivity contribution in [1.82, 2.24) is 4.90 Å². The van der Waals surface area contributed by atoms with E-state index in [4.69, 9.17) is 4.74 Å². The average Bonchev–Trinajstić information content (AvgIpc) is 2.77. The molecule has 0 aromatic carbocycles. The van der Waals surface area contributed by atoms with Gasteiger partial charge in [-0.05, 0) is 19.8 Å². The van der Waals surface area contributed by atoms with Crippen molar-refractivity contribution in [2.24, 2.45) is 5.41 Å². The number of rotatable bonds is 1. The van der Waals surface area contributed by atoms with E-state index in [1.165, 1.54) is 0 Å². The van der Waals surface area contributed by atoms with Gasteiger partial charge in [0.15, 0.2) is 0 Å². The first-order valence-electron chi connectivity index (χ1n) is 4.78. The second-order valence-electron chi connectivity index (χ2n) is 3.96. The third-order valence-electron chi connectivity index (χ3n) is 3.02. The van der Waals surface area contributed by atoms with E-state index in [0.29, 0.717) is 19.7 Å². The summed E-state index contributed by atoms with van der Waals surface area (Å²) in [5, 5.41) is 9.66. The van der Waals surface area contributed by atoms with Gasteiger partial charge in [-0.1, -0.05) is 0 Å². The quantitative estimate of drug-likeness (QED) is 0.650. The Morgan fingerprint density at radius 3 is 2.85 bits per heavy atom. The van der Waals surface area contributed by atoms with Gasteiger partial charge < -0.3 is 14.7 Å². The molecule has 1 atom stereocenters. The minimum Gasteiger partial charge on any atom is -0.450 e. The number of amides is 1. The van der Waals surface area contributed by atoms with Gasteiger partial charge in [0.2, 0.25) is 0 Å². The Morgan fingerprint density at radius 1 is 1.69 bits per heavy atom. The van der Waals surface area contributed by atoms with Gasteiger partial charge in [-0.3, -0.25) is 0 Å². The van der Waals surface area contributed by atoms with Crippen LogP contribution in [-0.2, 0) is 4.74 Å². The number of carbonyl (C=O) groups excluding carboxylic acids is 1. The molecule has 0 bridgehead atoms. The lowest BCUT2D eigenvalue weighted by Gasteiger charge is -2.14. The van der Waals surface area contributed by atoms with Gasteiger partial charge in [0.25, 0.3) is 0 Å². The highest BCUT2D eigenvalue weighted by atomic mass is 16.6. The highest BCUT2D eigenvalue weighted by molar-refractivity contribution is 5.68. The van der Waals surface area contributed by atoms with Crippen LogP contribution in [-0.4, -0.2) is 41.9 Å². The summed E-state index contributed by atoms with van der Waals surface area (Å²) >= 11 is 0. The van der Waals surface area contributed by atoms with Crippen molar-refractivity contribution < 1.29 is 14.6 Å². The second-order valence-corrected chi connectivity index (χ2v) is 3.96. The fraction of sp³-hybridized carbons (Fsp3) is 0.889. The molecule has 2 rings (SSSR count). The number of aliphatic hydroxyl groups excluding tert-OH is 1. The van der Waals surface area contributed by atoms with E-state index >= 15 is 0 Å². The third-order valence-corrected chi connectivity index (χ3v) is 3.02. The van der Waals surface area contributed by atoms with E-state index in [0.717, 1.165) is 12.8 Å². The molecule has 0 radical (unpaired) electrons. The summed E-state index contributed by atoms with van der Waals surface area (Å²) < 4.78 is 4.87. The zero-order valence-electron chi connectivity index (χ0n) is 7.82. The number of carbonyl (C=O) groups is 1. The maximum absolute atomic E-state index is 11.3. The van der Waals surface area contributed by atoms with Gasteiger partial charge in [0, 0.05) is 12.0 Å². The van der Waals surface area contributed by atoms with E-state index in [1.807, 2.05) is 0 Å². The van der Waals surface area contributed by atoms with Crippen molar-refractivity contribution in [2.75, 3.05) is 19.7 Å². The number of hydrogen-bond acceptors (Lipinski definition) is 3. The Bertz CT molecular complexity index is 225. The zero-order valence-corrected chi connectivity index (χ0v) is 7.82. The van der Waals surface area contributed by atoms with Crippen molar-refractivity contribution in [2.45, 2.75) is 25.9 Å². The first kappa shape index (κ1) is 8.81. The van der Waals surface area contributed by atoms with Crippen LogP contribution in [0, 0.1) is 5.41 Å². The highest BCUT2D eigenvalue weighted by Crippen LogP contribution is 2.52. The zero-order chi connectivity index (χ0) is 9.47. The molecule has 0 aromatic heterocycles. The number of ether oxygens (including phenoxy) is 1. The molecule has 2 aliphatic rings. The summed E-state index contributed by atoms with van der Waals surface area (Å²) in [6.45, 7) is 3.31. The summed E-state index contributed by atoms with van der Waals surface area (Å²) in [4.78, 5) is 12.9. The summed E-state index contributed by atoms with van der Waals surface area (Å²) in [5.74, 6) is 0. The maximum Gasteiger partial charge on any atom is 0.409 e. The van der Waals surface area contributed by atoms with E-state index in [-0.39, 0.29) is 17.6 Å². The summed E-state index contributed by atoms with van der Waals surface area (Å²) in [6.07, 6.45) is 1.47. The molecule has 1 saturated carbocycles. The first-order chi connectivity index (χ1) is 6.18. The number of aliphatic hydroxyl groups is 1. The molecule has 4 nitrogen and oxygen atoms in total. The van der Waals surface area contributed by atoms with Crippen LogP contribution >= 0.6 is 0 Å². The van der Waals surface area contributed by atoms with Crippen LogP contribution in [0.25, 0.3) is 0 Å². The minimum atomic E-state index is -0.336. The molecule has 1 saturated heterocycles. The van der Waals surface area contributed by atoms with Gasteiger partial charge in [0.05, 0.1) is 19.3 Å². The Balaban J connectivity index is 1.93. The van der Waals surface area contributed by atoms with Crippen molar-refractivity contribution in [3.63, 3.8) is 0 Å². The standard InChI is InChI=1S/C9H15NO3/c1-2-13-8(12)10-5-7(11)9(6-10)3-4-9/h7,11H,2-6H2,1H3. The number of hydrogen-bond donors (Lipinski definition) is 1. The van der Waals surface area contributed by atoms with E-state index in [2.05, 4.69) is 0 Å². The number of β-amino-alcohol motifs (C(OH)–C–C–N with tert-alkyl or cyclic N) is 1. The van der Waals surface area contributed by atoms with Crippen molar-refractivity contribution in [3.8, 4) is 0 Å². The number of nitrogens with zero attached hydrogens (tertiary/aromatic N) is 1. The normalized spacial score (nSPS) is 29.4. The molecule has 0 aromatic rings. The molecular weight excluding hydrogens is 170 g/mol. The van der Waals surface area contributed by atoms with Crippen LogP contribution in [0.15, 0.2) is 0 Å². The van der Waals surface area contributed by atoms with Crippen molar-refractivity contribution in [3.05, 3.63) is 0 Å². The molecule has 1 heterocycles. The van der Waals surface area contributed by atoms with E-state index in [1.54, 1.807) is 11.8 Å². The maximum atomic E-state index is 11.3. The molecule has 1 spiro atoms. The van der Waals surface area contributed by atoms with Gasteiger partial charge in [-0.15, -0.1) is 0 Å². The summed E-state index contributed by atoms with van der Waals surface area (Å²) in [7, 11) is 0. The fourth-order valence-electron chi connectivity index (χ4n) is 1.96.